The lowest BCUT2D eigenvalue weighted by Gasteiger charge is -2.33. The number of carbonyl (C=O) groups is 1. The molecule has 1 unspecified atom stereocenters. The van der Waals surface area contributed by atoms with Gasteiger partial charge in [-0.2, -0.15) is 0 Å². The largest absolute Gasteiger partial charge is 0.756 e. The molecule has 1 N–H and O–H groups in total. The van der Waals surface area contributed by atoms with E-state index in [0.717, 1.165) is 19.3 Å². The number of nitrogens with one attached hydrogen (secondary N) is 1. The maximum absolute atomic E-state index is 12.3. The summed E-state index contributed by atoms with van der Waals surface area (Å²) in [6, 6.07) is 0. The van der Waals surface area contributed by atoms with E-state index in [2.05, 4.69) is 12.2 Å². The van der Waals surface area contributed by atoms with Crippen molar-refractivity contribution < 1.29 is 37.3 Å². The summed E-state index contributed by atoms with van der Waals surface area (Å²) in [5, 5.41) is 2.81. The van der Waals surface area contributed by atoms with Crippen molar-refractivity contribution in [1.82, 2.24) is 5.32 Å². The number of likely N-dealkylation sites (N-methyl/N-ethyl adjacent to an activating group) is 1. The Morgan fingerprint density at radius 2 is 1.44 bits per heavy atom. The maximum Gasteiger partial charge on any atom is 0.407 e. The topological polar surface area (TPSA) is 106 Å². The molecule has 1 aliphatic heterocycles. The minimum absolute atomic E-state index is 0.0391. The highest BCUT2D eigenvalue weighted by Crippen LogP contribution is 2.39. The molecule has 0 aromatic heterocycles. The molecular weight excluding hydrogens is 519 g/mol. The van der Waals surface area contributed by atoms with Crippen LogP contribution in [-0.4, -0.2) is 76.8 Å². The van der Waals surface area contributed by atoms with Crippen LogP contribution in [0, 0.1) is 0 Å². The van der Waals surface area contributed by atoms with Gasteiger partial charge in [-0.1, -0.05) is 96.8 Å². The highest BCUT2D eigenvalue weighted by Gasteiger charge is 2.31. The number of hydrogen-bond acceptors (Lipinski definition) is 7. The lowest BCUT2D eigenvalue weighted by atomic mass is 10.0. The van der Waals surface area contributed by atoms with Gasteiger partial charge in [-0.3, -0.25) is 4.57 Å². The van der Waals surface area contributed by atoms with Gasteiger partial charge in [0, 0.05) is 13.2 Å². The Hall–Kier alpha value is -0.700. The van der Waals surface area contributed by atoms with Gasteiger partial charge in [0.2, 0.25) is 0 Å². The van der Waals surface area contributed by atoms with E-state index >= 15 is 0 Å². The Bertz CT molecular complexity index is 660. The number of carbonyl (C=O) groups excluding carboxylic acids is 1. The zero-order chi connectivity index (χ0) is 28.8. The highest BCUT2D eigenvalue weighted by molar-refractivity contribution is 7.45. The zero-order valence-corrected chi connectivity index (χ0v) is 26.4. The second-order valence-electron chi connectivity index (χ2n) is 12.0. The van der Waals surface area contributed by atoms with Crippen molar-refractivity contribution in [2.45, 2.75) is 128 Å². The number of unbranched alkanes of at least 4 members (excludes halogenated alkanes) is 14. The van der Waals surface area contributed by atoms with E-state index in [1.807, 2.05) is 21.1 Å². The fraction of sp³-hybridized carbons (Fsp3) is 0.966. The van der Waals surface area contributed by atoms with Crippen LogP contribution in [0.3, 0.4) is 0 Å². The van der Waals surface area contributed by atoms with E-state index in [1.165, 1.54) is 83.5 Å². The Balaban J connectivity index is 2.06. The van der Waals surface area contributed by atoms with Crippen LogP contribution in [0.1, 0.15) is 116 Å². The summed E-state index contributed by atoms with van der Waals surface area (Å²) in [7, 11) is 1.39. The van der Waals surface area contributed by atoms with Crippen LogP contribution in [0.4, 0.5) is 4.79 Å². The predicted octanol–water partition coefficient (Wildman–Crippen LogP) is 6.34. The van der Waals surface area contributed by atoms with Gasteiger partial charge < -0.3 is 33.2 Å². The Kier molecular flexibility index (Phi) is 20.5. The number of hydrogen-bond donors (Lipinski definition) is 1. The first-order chi connectivity index (χ1) is 18.6. The van der Waals surface area contributed by atoms with Crippen molar-refractivity contribution in [3.05, 3.63) is 0 Å². The van der Waals surface area contributed by atoms with Crippen molar-refractivity contribution in [2.24, 2.45) is 0 Å². The van der Waals surface area contributed by atoms with Crippen LogP contribution < -0.4 is 10.2 Å². The molecule has 39 heavy (non-hydrogen) atoms. The summed E-state index contributed by atoms with van der Waals surface area (Å²) in [6.45, 7) is 3.64. The van der Waals surface area contributed by atoms with E-state index in [9.17, 15) is 14.3 Å². The number of ether oxygens (including phenoxy) is 2. The number of amides is 1. The molecule has 1 saturated heterocycles. The van der Waals surface area contributed by atoms with Gasteiger partial charge in [-0.05, 0) is 19.3 Å². The lowest BCUT2D eigenvalue weighted by Crippen LogP contribution is -2.43. The van der Waals surface area contributed by atoms with Gasteiger partial charge in [-0.25, -0.2) is 4.79 Å². The minimum Gasteiger partial charge on any atom is -0.756 e. The molecule has 0 aromatic carbocycles. The van der Waals surface area contributed by atoms with Crippen molar-refractivity contribution in [3.8, 4) is 0 Å². The van der Waals surface area contributed by atoms with Gasteiger partial charge >= 0.3 is 6.09 Å². The van der Waals surface area contributed by atoms with E-state index < -0.39 is 26.1 Å². The van der Waals surface area contributed by atoms with Gasteiger partial charge in [0.05, 0.1) is 27.7 Å². The Morgan fingerprint density at radius 3 is 1.97 bits per heavy atom. The fourth-order valence-electron chi connectivity index (χ4n) is 4.60. The number of alkyl carbamates (subject to hydrolysis) is 1. The van der Waals surface area contributed by atoms with Crippen molar-refractivity contribution in [3.63, 3.8) is 0 Å². The Morgan fingerprint density at radius 1 is 0.897 bits per heavy atom. The fourth-order valence-corrected chi connectivity index (χ4v) is 5.31. The van der Waals surface area contributed by atoms with Crippen LogP contribution >= 0.6 is 7.82 Å². The maximum atomic E-state index is 12.3. The highest BCUT2D eigenvalue weighted by atomic mass is 31.2. The molecule has 9 nitrogen and oxygen atoms in total. The second kappa shape index (κ2) is 22.0. The van der Waals surface area contributed by atoms with Crippen LogP contribution in [0.25, 0.3) is 0 Å². The first kappa shape index (κ1) is 36.3. The third-order valence-corrected chi connectivity index (χ3v) is 8.06. The molecule has 0 aliphatic carbocycles. The number of nitrogens with zero attached hydrogens (tertiary/aromatic N) is 1. The van der Waals surface area contributed by atoms with Crippen LogP contribution in [0.15, 0.2) is 0 Å². The smallest absolute Gasteiger partial charge is 0.407 e. The number of rotatable bonds is 24. The molecule has 1 heterocycles. The molecular formula is C29H59N2O7P. The molecule has 0 bridgehead atoms. The molecule has 0 spiro atoms. The number of quaternary nitrogens is 1. The molecule has 1 fully saturated rings. The van der Waals surface area contributed by atoms with Crippen LogP contribution in [0.5, 0.6) is 0 Å². The quantitative estimate of drug-likeness (QED) is 0.0809. The molecule has 0 radical (unpaired) electrons. The molecule has 10 heteroatoms. The second-order valence-corrected chi connectivity index (χ2v) is 13.4. The van der Waals surface area contributed by atoms with Crippen molar-refractivity contribution in [1.29, 1.82) is 0 Å². The molecule has 3 atom stereocenters. The van der Waals surface area contributed by atoms with Gasteiger partial charge in [-0.15, -0.1) is 0 Å². The standard InChI is InChI=1S/C29H59N2O7P/c1-5-6-7-8-9-10-11-12-13-14-15-16-17-18-19-22-30-29(32)38-27-21-20-24-35-28(27)26-37-39(33,34)36-25-23-31(2,3)4/h27-28H,5-26H2,1-4H3,(H-,30,32,33,34)/t27-,28+/m1/s1. The number of phosphoric ester groups is 1. The van der Waals surface area contributed by atoms with Crippen LogP contribution in [0.2, 0.25) is 0 Å². The van der Waals surface area contributed by atoms with Crippen molar-refractivity contribution >= 4 is 13.9 Å². The summed E-state index contributed by atoms with van der Waals surface area (Å²) in [6.07, 6.45) is 19.2. The summed E-state index contributed by atoms with van der Waals surface area (Å²) >= 11 is 0. The molecule has 0 aromatic rings. The average molecular weight is 579 g/mol. The summed E-state index contributed by atoms with van der Waals surface area (Å²) in [5.74, 6) is 0. The molecule has 1 aliphatic rings. The minimum atomic E-state index is -4.45. The van der Waals surface area contributed by atoms with Crippen LogP contribution in [-0.2, 0) is 23.1 Å². The first-order valence-corrected chi connectivity index (χ1v) is 17.1. The third kappa shape index (κ3) is 21.7. The van der Waals surface area contributed by atoms with E-state index in [0.29, 0.717) is 30.6 Å². The van der Waals surface area contributed by atoms with E-state index in [4.69, 9.17) is 18.5 Å². The van der Waals surface area contributed by atoms with Gasteiger partial charge in [0.1, 0.15) is 25.4 Å². The monoisotopic (exact) mass is 578 g/mol. The average Bonchev–Trinajstić information content (AvgIpc) is 2.87. The van der Waals surface area contributed by atoms with E-state index in [-0.39, 0.29) is 13.2 Å². The first-order valence-electron chi connectivity index (χ1n) is 15.6. The summed E-state index contributed by atoms with van der Waals surface area (Å²) < 4.78 is 33.8. The zero-order valence-electron chi connectivity index (χ0n) is 25.5. The lowest BCUT2D eigenvalue weighted by molar-refractivity contribution is -0.870. The third-order valence-electron chi connectivity index (χ3n) is 7.10. The SMILES string of the molecule is CCCCCCCCCCCCCCCCCNC(=O)O[C@@H]1CCCO[C@H]1COP(=O)([O-])OCC[N+](C)(C)C. The van der Waals surface area contributed by atoms with Gasteiger partial charge in [0.15, 0.2) is 0 Å². The normalized spacial score (nSPS) is 19.5. The summed E-state index contributed by atoms with van der Waals surface area (Å²) in [4.78, 5) is 24.3. The van der Waals surface area contributed by atoms with Gasteiger partial charge in [0.25, 0.3) is 7.82 Å². The number of phosphoric acid groups is 1. The molecule has 1 rings (SSSR count). The molecule has 1 amide bonds. The van der Waals surface area contributed by atoms with Crippen molar-refractivity contribution in [2.75, 3.05) is 54.1 Å². The summed E-state index contributed by atoms with van der Waals surface area (Å²) in [5.41, 5.74) is 0. The predicted molar refractivity (Wildman–Crippen MR) is 155 cm³/mol. The Labute approximate surface area is 238 Å². The molecule has 0 saturated carbocycles. The molecule has 232 valence electrons. The van der Waals surface area contributed by atoms with E-state index in [1.54, 1.807) is 0 Å².